The van der Waals surface area contributed by atoms with Crippen LogP contribution in [0.15, 0.2) is 24.3 Å². The summed E-state index contributed by atoms with van der Waals surface area (Å²) in [6.45, 7) is 5.92. The molecule has 1 aliphatic rings. The van der Waals surface area contributed by atoms with Gasteiger partial charge in [-0.1, -0.05) is 18.2 Å². The first-order valence-electron chi connectivity index (χ1n) is 8.72. The van der Waals surface area contributed by atoms with Crippen molar-refractivity contribution in [2.75, 3.05) is 26.2 Å². The lowest BCUT2D eigenvalue weighted by atomic mass is 10.0. The summed E-state index contributed by atoms with van der Waals surface area (Å²) in [5, 5.41) is 2.73. The van der Waals surface area contributed by atoms with E-state index in [0.717, 1.165) is 12.1 Å². The summed E-state index contributed by atoms with van der Waals surface area (Å²) >= 11 is 0. The predicted octanol–water partition coefficient (Wildman–Crippen LogP) is 2.26. The van der Waals surface area contributed by atoms with E-state index >= 15 is 0 Å². The summed E-state index contributed by atoms with van der Waals surface area (Å²) in [5.74, 6) is -0.394. The highest BCUT2D eigenvalue weighted by Crippen LogP contribution is 2.30. The number of nitrogens with zero attached hydrogens (tertiary/aromatic N) is 2. The lowest BCUT2D eigenvalue weighted by Crippen LogP contribution is -2.56. The van der Waals surface area contributed by atoms with Crippen LogP contribution in [0.2, 0.25) is 0 Å². The van der Waals surface area contributed by atoms with Crippen molar-refractivity contribution in [2.24, 2.45) is 0 Å². The fourth-order valence-corrected chi connectivity index (χ4v) is 3.12. The molecule has 0 spiro atoms. The van der Waals surface area contributed by atoms with Gasteiger partial charge in [0.2, 0.25) is 11.8 Å². The number of nitrogens with one attached hydrogen (secondary N) is 1. The Kier molecular flexibility index (Phi) is 6.63. The molecule has 0 radical (unpaired) electrons. The van der Waals surface area contributed by atoms with Crippen molar-refractivity contribution in [1.82, 2.24) is 15.1 Å². The molecule has 1 atom stereocenters. The number of halogens is 3. The van der Waals surface area contributed by atoms with Gasteiger partial charge < -0.3 is 10.2 Å². The van der Waals surface area contributed by atoms with Crippen molar-refractivity contribution < 1.29 is 22.8 Å². The second-order valence-electron chi connectivity index (χ2n) is 6.25. The molecular weight excluding hydrogens is 347 g/mol. The van der Waals surface area contributed by atoms with Crippen molar-refractivity contribution in [2.45, 2.75) is 39.0 Å². The molecule has 2 rings (SSSR count). The number of carbonyl (C=O) groups is 2. The van der Waals surface area contributed by atoms with E-state index in [9.17, 15) is 22.8 Å². The Hall–Kier alpha value is -2.09. The largest absolute Gasteiger partial charge is 0.416 e. The molecule has 1 aromatic carbocycles. The van der Waals surface area contributed by atoms with Gasteiger partial charge in [-0.15, -0.1) is 0 Å². The minimum absolute atomic E-state index is 0.0203. The molecule has 0 aromatic heterocycles. The number of hydrogen-bond donors (Lipinski definition) is 1. The molecule has 0 aliphatic carbocycles. The van der Waals surface area contributed by atoms with E-state index in [1.54, 1.807) is 15.9 Å². The summed E-state index contributed by atoms with van der Waals surface area (Å²) in [4.78, 5) is 28.0. The number of rotatable bonds is 6. The van der Waals surface area contributed by atoms with Gasteiger partial charge >= 0.3 is 6.18 Å². The number of amides is 2. The van der Waals surface area contributed by atoms with Gasteiger partial charge in [-0.2, -0.15) is 13.2 Å². The fourth-order valence-electron chi connectivity index (χ4n) is 3.12. The molecule has 1 aromatic rings. The molecular formula is C18H24F3N3O2. The van der Waals surface area contributed by atoms with E-state index in [1.807, 2.05) is 13.8 Å². The molecule has 26 heavy (non-hydrogen) atoms. The van der Waals surface area contributed by atoms with Gasteiger partial charge in [0.15, 0.2) is 0 Å². The zero-order valence-electron chi connectivity index (χ0n) is 15.0. The quantitative estimate of drug-likeness (QED) is 0.835. The van der Waals surface area contributed by atoms with Crippen molar-refractivity contribution in [3.8, 4) is 0 Å². The minimum Gasteiger partial charge on any atom is -0.353 e. The number of benzene rings is 1. The molecule has 5 nitrogen and oxygen atoms in total. The summed E-state index contributed by atoms with van der Waals surface area (Å²) < 4.78 is 38.7. The smallest absolute Gasteiger partial charge is 0.353 e. The van der Waals surface area contributed by atoms with Crippen LogP contribution in [0.3, 0.4) is 0 Å². The highest BCUT2D eigenvalue weighted by atomic mass is 19.4. The van der Waals surface area contributed by atoms with Crippen LogP contribution >= 0.6 is 0 Å². The maximum absolute atomic E-state index is 12.9. The van der Waals surface area contributed by atoms with Crippen LogP contribution in [0.5, 0.6) is 0 Å². The highest BCUT2D eigenvalue weighted by Gasteiger charge is 2.34. The molecule has 144 valence electrons. The van der Waals surface area contributed by atoms with Crippen LogP contribution in [0.4, 0.5) is 13.2 Å². The fraction of sp³-hybridized carbons (Fsp3) is 0.556. The third-order valence-electron chi connectivity index (χ3n) is 4.57. The number of alkyl halides is 3. The number of hydrogen-bond acceptors (Lipinski definition) is 3. The third kappa shape index (κ3) is 4.97. The van der Waals surface area contributed by atoms with E-state index in [2.05, 4.69) is 5.32 Å². The Labute approximate surface area is 151 Å². The second kappa shape index (κ2) is 8.53. The Balaban J connectivity index is 2.15. The average Bonchev–Trinajstić information content (AvgIpc) is 2.58. The highest BCUT2D eigenvalue weighted by molar-refractivity contribution is 5.88. The molecule has 1 saturated heterocycles. The molecule has 1 N–H and O–H groups in total. The van der Waals surface area contributed by atoms with Crippen LogP contribution < -0.4 is 5.32 Å². The Morgan fingerprint density at radius 2 is 2.00 bits per heavy atom. The van der Waals surface area contributed by atoms with Gasteiger partial charge in [-0.3, -0.25) is 14.5 Å². The van der Waals surface area contributed by atoms with Crippen LogP contribution in [0.1, 0.15) is 31.4 Å². The van der Waals surface area contributed by atoms with Gasteiger partial charge in [0.1, 0.15) is 0 Å². The maximum atomic E-state index is 12.9. The lowest BCUT2D eigenvalue weighted by molar-refractivity contribution is -0.139. The SMILES string of the molecule is CCN(CC)C(=O)C[C@H]1C(=O)NCCN1Cc1cccc(C(F)(F)F)c1. The molecule has 0 saturated carbocycles. The zero-order chi connectivity index (χ0) is 19.3. The van der Waals surface area contributed by atoms with E-state index in [-0.39, 0.29) is 24.8 Å². The molecule has 0 unspecified atom stereocenters. The normalized spacial score (nSPS) is 18.5. The molecule has 1 fully saturated rings. The van der Waals surface area contributed by atoms with Gasteiger partial charge in [-0.05, 0) is 25.5 Å². The summed E-state index contributed by atoms with van der Waals surface area (Å²) in [5.41, 5.74) is -0.248. The van der Waals surface area contributed by atoms with Crippen LogP contribution in [0, 0.1) is 0 Å². The van der Waals surface area contributed by atoms with Crippen molar-refractivity contribution in [3.05, 3.63) is 35.4 Å². The van der Waals surface area contributed by atoms with Crippen molar-refractivity contribution in [3.63, 3.8) is 0 Å². The monoisotopic (exact) mass is 371 g/mol. The van der Waals surface area contributed by atoms with E-state index < -0.39 is 17.8 Å². The molecule has 0 bridgehead atoms. The second-order valence-corrected chi connectivity index (χ2v) is 6.25. The Morgan fingerprint density at radius 1 is 1.31 bits per heavy atom. The van der Waals surface area contributed by atoms with Gasteiger partial charge in [0.05, 0.1) is 18.0 Å². The van der Waals surface area contributed by atoms with Crippen molar-refractivity contribution in [1.29, 1.82) is 0 Å². The first-order chi connectivity index (χ1) is 12.3. The van der Waals surface area contributed by atoms with Crippen LogP contribution in [-0.2, 0) is 22.3 Å². The molecule has 2 amide bonds. The van der Waals surface area contributed by atoms with Gasteiger partial charge in [-0.25, -0.2) is 0 Å². The molecule has 8 heteroatoms. The van der Waals surface area contributed by atoms with Crippen molar-refractivity contribution >= 4 is 11.8 Å². The van der Waals surface area contributed by atoms with Crippen LogP contribution in [0.25, 0.3) is 0 Å². The Morgan fingerprint density at radius 3 is 2.62 bits per heavy atom. The van der Waals surface area contributed by atoms with E-state index in [1.165, 1.54) is 6.07 Å². The first kappa shape index (κ1) is 20.2. The number of carbonyl (C=O) groups excluding carboxylic acids is 2. The standard InChI is InChI=1S/C18H24F3N3O2/c1-3-23(4-2)16(25)11-15-17(26)22-8-9-24(15)12-13-6-5-7-14(10-13)18(19,20)21/h5-7,10,15H,3-4,8-9,11-12H2,1-2H3,(H,22,26)/t15-/m0/s1. The van der Waals surface area contributed by atoms with Crippen LogP contribution in [-0.4, -0.2) is 53.8 Å². The predicted molar refractivity (Wildman–Crippen MR) is 91.2 cm³/mol. The van der Waals surface area contributed by atoms with Gasteiger partial charge in [0.25, 0.3) is 0 Å². The van der Waals surface area contributed by atoms with E-state index in [0.29, 0.717) is 31.7 Å². The third-order valence-corrected chi connectivity index (χ3v) is 4.57. The minimum atomic E-state index is -4.41. The first-order valence-corrected chi connectivity index (χ1v) is 8.72. The summed E-state index contributed by atoms with van der Waals surface area (Å²) in [6.07, 6.45) is -4.39. The summed E-state index contributed by atoms with van der Waals surface area (Å²) in [6, 6.07) is 4.40. The summed E-state index contributed by atoms with van der Waals surface area (Å²) in [7, 11) is 0. The molecule has 1 heterocycles. The lowest BCUT2D eigenvalue weighted by Gasteiger charge is -2.35. The number of piperazine rings is 1. The molecule has 1 aliphatic heterocycles. The van der Waals surface area contributed by atoms with Gasteiger partial charge in [0, 0.05) is 32.7 Å². The Bertz CT molecular complexity index is 645. The topological polar surface area (TPSA) is 52.7 Å². The average molecular weight is 371 g/mol. The van der Waals surface area contributed by atoms with E-state index in [4.69, 9.17) is 0 Å². The zero-order valence-corrected chi connectivity index (χ0v) is 15.0. The maximum Gasteiger partial charge on any atom is 0.416 e.